The third kappa shape index (κ3) is 4.37. The number of amides is 1. The van der Waals surface area contributed by atoms with Gasteiger partial charge in [0.25, 0.3) is 0 Å². The number of carboxylic acid groups (broad SMARTS) is 1. The fraction of sp³-hybridized carbons (Fsp3) is 0.273. The molecule has 2 aromatic rings. The molecule has 0 saturated heterocycles. The van der Waals surface area contributed by atoms with Gasteiger partial charge in [-0.15, -0.1) is 0 Å². The minimum Gasteiger partial charge on any atom is -0.479 e. The summed E-state index contributed by atoms with van der Waals surface area (Å²) in [5.41, 5.74) is 2.92. The number of benzene rings is 2. The fourth-order valence-electron chi connectivity index (χ4n) is 3.45. The Bertz CT molecular complexity index is 817. The highest BCUT2D eigenvalue weighted by molar-refractivity contribution is 5.83. The molecule has 0 bridgehead atoms. The van der Waals surface area contributed by atoms with Gasteiger partial charge >= 0.3 is 12.1 Å². The minimum absolute atomic E-state index is 0.0833. The quantitative estimate of drug-likeness (QED) is 0.779. The number of aliphatic carboxylic acids is 1. The van der Waals surface area contributed by atoms with Crippen molar-refractivity contribution in [3.63, 3.8) is 0 Å². The van der Waals surface area contributed by atoms with Gasteiger partial charge in [-0.2, -0.15) is 0 Å². The highest BCUT2D eigenvalue weighted by Crippen LogP contribution is 2.33. The van der Waals surface area contributed by atoms with E-state index in [2.05, 4.69) is 6.92 Å². The predicted octanol–water partition coefficient (Wildman–Crippen LogP) is 4.21. The van der Waals surface area contributed by atoms with Crippen LogP contribution in [0.1, 0.15) is 30.4 Å². The molecule has 1 aliphatic heterocycles. The van der Waals surface area contributed by atoms with E-state index in [0.29, 0.717) is 0 Å². The summed E-state index contributed by atoms with van der Waals surface area (Å²) in [5.74, 6) is -0.968. The van der Waals surface area contributed by atoms with Crippen LogP contribution in [-0.4, -0.2) is 34.7 Å². The van der Waals surface area contributed by atoms with Gasteiger partial charge in [0, 0.05) is 12.5 Å². The maximum Gasteiger partial charge on any atom is 0.411 e. The molecule has 140 valence electrons. The number of hydrogen-bond donors (Lipinski definition) is 1. The topological polar surface area (TPSA) is 66.8 Å². The third-order valence-corrected chi connectivity index (χ3v) is 4.81. The molecule has 27 heavy (non-hydrogen) atoms. The summed E-state index contributed by atoms with van der Waals surface area (Å²) in [6.07, 6.45) is 1.91. The van der Waals surface area contributed by atoms with Gasteiger partial charge in [0.15, 0.2) is 6.04 Å². The molecule has 1 unspecified atom stereocenters. The lowest BCUT2D eigenvalue weighted by molar-refractivity contribution is -0.140. The monoisotopic (exact) mass is 365 g/mol. The van der Waals surface area contributed by atoms with Crippen molar-refractivity contribution in [1.82, 2.24) is 4.90 Å². The van der Waals surface area contributed by atoms with Crippen LogP contribution < -0.4 is 0 Å². The second kappa shape index (κ2) is 8.54. The van der Waals surface area contributed by atoms with Gasteiger partial charge in [-0.3, -0.25) is 4.90 Å². The number of ether oxygens (including phenoxy) is 1. The summed E-state index contributed by atoms with van der Waals surface area (Å²) in [5, 5.41) is 9.57. The lowest BCUT2D eigenvalue weighted by Crippen LogP contribution is -2.41. The molecule has 0 radical (unpaired) electrons. The standard InChI is InChI=1S/C22H23NO4/c1-2-19(17-11-7-4-8-12-17)18-13-20(21(24)25)23(14-18)22(26)27-15-16-9-5-3-6-10-16/h3-13,19-20H,2,14-15H2,1H3,(H,24,25)/t19?,20-/m0/s1. The second-order valence-corrected chi connectivity index (χ2v) is 6.56. The molecule has 0 fully saturated rings. The van der Waals surface area contributed by atoms with Crippen molar-refractivity contribution < 1.29 is 19.4 Å². The Hall–Kier alpha value is -3.08. The van der Waals surface area contributed by atoms with E-state index in [1.54, 1.807) is 6.08 Å². The molecule has 3 rings (SSSR count). The summed E-state index contributed by atoms with van der Waals surface area (Å²) in [6.45, 7) is 2.44. The Morgan fingerprint density at radius 1 is 1.11 bits per heavy atom. The van der Waals surface area contributed by atoms with Gasteiger partial charge in [0.1, 0.15) is 6.61 Å². The van der Waals surface area contributed by atoms with Crippen LogP contribution in [0.5, 0.6) is 0 Å². The van der Waals surface area contributed by atoms with Crippen molar-refractivity contribution in [2.45, 2.75) is 31.9 Å². The van der Waals surface area contributed by atoms with Crippen molar-refractivity contribution in [2.75, 3.05) is 6.54 Å². The zero-order chi connectivity index (χ0) is 19.2. The second-order valence-electron chi connectivity index (χ2n) is 6.56. The Balaban J connectivity index is 1.73. The van der Waals surface area contributed by atoms with Crippen molar-refractivity contribution >= 4 is 12.1 Å². The molecule has 0 saturated carbocycles. The van der Waals surface area contributed by atoms with E-state index in [9.17, 15) is 14.7 Å². The molecule has 0 aliphatic carbocycles. The SMILES string of the molecule is CCC(C1=C[C@@H](C(=O)O)N(C(=O)OCc2ccccc2)C1)c1ccccc1. The van der Waals surface area contributed by atoms with Crippen LogP contribution in [-0.2, 0) is 16.1 Å². The van der Waals surface area contributed by atoms with E-state index in [0.717, 1.165) is 23.1 Å². The summed E-state index contributed by atoms with van der Waals surface area (Å²) < 4.78 is 5.35. The Kier molecular flexibility index (Phi) is 5.91. The number of nitrogens with zero attached hydrogens (tertiary/aromatic N) is 1. The first-order valence-corrected chi connectivity index (χ1v) is 9.05. The van der Waals surface area contributed by atoms with Crippen molar-refractivity contribution in [3.8, 4) is 0 Å². The van der Waals surface area contributed by atoms with Gasteiger partial charge in [0.05, 0.1) is 0 Å². The summed E-state index contributed by atoms with van der Waals surface area (Å²) >= 11 is 0. The molecule has 1 aliphatic rings. The molecule has 2 atom stereocenters. The van der Waals surface area contributed by atoms with Crippen LogP contribution in [0.4, 0.5) is 4.79 Å². The van der Waals surface area contributed by atoms with Crippen LogP contribution >= 0.6 is 0 Å². The molecule has 1 heterocycles. The predicted molar refractivity (Wildman–Crippen MR) is 102 cm³/mol. The van der Waals surface area contributed by atoms with Gasteiger partial charge in [-0.05, 0) is 29.2 Å². The zero-order valence-electron chi connectivity index (χ0n) is 15.2. The lowest BCUT2D eigenvalue weighted by Gasteiger charge is -2.23. The number of carbonyl (C=O) groups excluding carboxylic acids is 1. The van der Waals surface area contributed by atoms with Gasteiger partial charge in [-0.25, -0.2) is 9.59 Å². The average molecular weight is 365 g/mol. The van der Waals surface area contributed by atoms with E-state index in [-0.39, 0.29) is 19.1 Å². The van der Waals surface area contributed by atoms with Crippen molar-refractivity contribution in [3.05, 3.63) is 83.4 Å². The molecule has 2 aromatic carbocycles. The third-order valence-electron chi connectivity index (χ3n) is 4.81. The highest BCUT2D eigenvalue weighted by atomic mass is 16.6. The lowest BCUT2D eigenvalue weighted by atomic mass is 9.89. The van der Waals surface area contributed by atoms with Crippen LogP contribution in [0.3, 0.4) is 0 Å². The van der Waals surface area contributed by atoms with Crippen LogP contribution in [0.15, 0.2) is 72.3 Å². The number of carbonyl (C=O) groups is 2. The van der Waals surface area contributed by atoms with Crippen LogP contribution in [0.2, 0.25) is 0 Å². The summed E-state index contributed by atoms with van der Waals surface area (Å²) in [4.78, 5) is 25.5. The van der Waals surface area contributed by atoms with Gasteiger partial charge in [0.2, 0.25) is 0 Å². The fourth-order valence-corrected chi connectivity index (χ4v) is 3.45. The maximum absolute atomic E-state index is 12.5. The van der Waals surface area contributed by atoms with E-state index in [4.69, 9.17) is 4.74 Å². The van der Waals surface area contributed by atoms with E-state index >= 15 is 0 Å². The highest BCUT2D eigenvalue weighted by Gasteiger charge is 2.37. The van der Waals surface area contributed by atoms with Crippen LogP contribution in [0, 0.1) is 0 Å². The molecule has 1 amide bonds. The zero-order valence-corrected chi connectivity index (χ0v) is 15.2. The summed E-state index contributed by atoms with van der Waals surface area (Å²) in [6, 6.07) is 18.3. The van der Waals surface area contributed by atoms with Gasteiger partial charge < -0.3 is 9.84 Å². The average Bonchev–Trinajstić information content (AvgIpc) is 3.14. The van der Waals surface area contributed by atoms with Crippen molar-refractivity contribution in [1.29, 1.82) is 0 Å². The molecule has 1 N–H and O–H groups in total. The molecule has 0 aromatic heterocycles. The van der Waals surface area contributed by atoms with Crippen LogP contribution in [0.25, 0.3) is 0 Å². The number of carboxylic acids is 1. The van der Waals surface area contributed by atoms with Crippen molar-refractivity contribution in [2.24, 2.45) is 0 Å². The first-order valence-electron chi connectivity index (χ1n) is 9.05. The number of rotatable bonds is 6. The van der Waals surface area contributed by atoms with E-state index in [1.165, 1.54) is 4.90 Å². The Morgan fingerprint density at radius 3 is 2.33 bits per heavy atom. The first-order chi connectivity index (χ1) is 13.1. The normalized spacial score (nSPS) is 17.3. The Labute approximate surface area is 158 Å². The molecular weight excluding hydrogens is 342 g/mol. The molecule has 5 heteroatoms. The van der Waals surface area contributed by atoms with E-state index < -0.39 is 18.1 Å². The van der Waals surface area contributed by atoms with E-state index in [1.807, 2.05) is 60.7 Å². The molecule has 5 nitrogen and oxygen atoms in total. The molecular formula is C22H23NO4. The number of hydrogen-bond acceptors (Lipinski definition) is 3. The molecule has 0 spiro atoms. The first kappa shape index (κ1) is 18.7. The maximum atomic E-state index is 12.5. The van der Waals surface area contributed by atoms with Gasteiger partial charge in [-0.1, -0.05) is 67.6 Å². The largest absolute Gasteiger partial charge is 0.479 e. The minimum atomic E-state index is -1.05. The smallest absolute Gasteiger partial charge is 0.411 e. The Morgan fingerprint density at radius 2 is 1.74 bits per heavy atom. The summed E-state index contributed by atoms with van der Waals surface area (Å²) in [7, 11) is 0.